The summed E-state index contributed by atoms with van der Waals surface area (Å²) in [6.07, 6.45) is 1.05. The van der Waals surface area contributed by atoms with Crippen molar-refractivity contribution in [2.45, 2.75) is 26.2 Å². The monoisotopic (exact) mass is 292 g/mol. The van der Waals surface area contributed by atoms with E-state index in [-0.39, 0.29) is 5.97 Å². The van der Waals surface area contributed by atoms with Gasteiger partial charge in [0.2, 0.25) is 0 Å². The zero-order valence-corrected chi connectivity index (χ0v) is 13.0. The summed E-state index contributed by atoms with van der Waals surface area (Å²) in [4.78, 5) is 12.3. The van der Waals surface area contributed by atoms with Crippen molar-refractivity contribution >= 4 is 5.97 Å². The van der Waals surface area contributed by atoms with Crippen LogP contribution in [0.5, 0.6) is 0 Å². The van der Waals surface area contributed by atoms with Crippen LogP contribution in [-0.4, -0.2) is 5.97 Å². The van der Waals surface area contributed by atoms with Crippen LogP contribution < -0.4 is 0 Å². The number of allylic oxidation sites excluding steroid dienone is 2. The Hall–Kier alpha value is -2.35. The third-order valence-corrected chi connectivity index (χ3v) is 4.06. The fraction of sp³-hybridized carbons (Fsp3) is 0.250. The summed E-state index contributed by atoms with van der Waals surface area (Å²) in [6.45, 7) is 4.02. The maximum Gasteiger partial charge on any atom is 0.343 e. The topological polar surface area (TPSA) is 26.3 Å². The zero-order chi connectivity index (χ0) is 15.5. The number of carbonyl (C=O) groups is 1. The molecule has 2 aromatic rings. The maximum atomic E-state index is 12.3. The van der Waals surface area contributed by atoms with Gasteiger partial charge in [-0.2, -0.15) is 0 Å². The Labute approximate surface area is 131 Å². The molecule has 22 heavy (non-hydrogen) atoms. The van der Waals surface area contributed by atoms with Crippen LogP contribution in [0, 0.1) is 5.92 Å². The molecule has 0 radical (unpaired) electrons. The lowest BCUT2D eigenvalue weighted by atomic mass is 10.1. The Morgan fingerprint density at radius 3 is 2.14 bits per heavy atom. The highest BCUT2D eigenvalue weighted by atomic mass is 16.5. The molecule has 1 aliphatic rings. The number of carbonyl (C=O) groups excluding carboxylic acids is 1. The van der Waals surface area contributed by atoms with Crippen LogP contribution in [0.1, 0.15) is 42.1 Å². The van der Waals surface area contributed by atoms with Gasteiger partial charge in [0.1, 0.15) is 5.76 Å². The van der Waals surface area contributed by atoms with Gasteiger partial charge < -0.3 is 4.74 Å². The summed E-state index contributed by atoms with van der Waals surface area (Å²) in [7, 11) is 0. The molecule has 2 aromatic carbocycles. The first kappa shape index (κ1) is 14.6. The van der Waals surface area contributed by atoms with Crippen molar-refractivity contribution < 1.29 is 9.53 Å². The van der Waals surface area contributed by atoms with Crippen LogP contribution in [0.2, 0.25) is 0 Å². The minimum atomic E-state index is -0.268. The van der Waals surface area contributed by atoms with Crippen LogP contribution >= 0.6 is 0 Å². The first-order valence-corrected chi connectivity index (χ1v) is 7.66. The van der Waals surface area contributed by atoms with E-state index in [1.54, 1.807) is 12.1 Å². The third-order valence-electron chi connectivity index (χ3n) is 4.06. The fourth-order valence-corrected chi connectivity index (χ4v) is 2.83. The molecule has 3 rings (SSSR count). The second-order valence-electron chi connectivity index (χ2n) is 5.98. The first-order chi connectivity index (χ1) is 10.7. The van der Waals surface area contributed by atoms with Crippen LogP contribution in [0.25, 0.3) is 0 Å². The van der Waals surface area contributed by atoms with Gasteiger partial charge in [0.15, 0.2) is 0 Å². The minimum Gasteiger partial charge on any atom is -0.427 e. The minimum absolute atomic E-state index is 0.268. The number of esters is 1. The van der Waals surface area contributed by atoms with Gasteiger partial charge in [0.05, 0.1) is 5.56 Å². The molecule has 0 N–H and O–H groups in total. The van der Waals surface area contributed by atoms with E-state index < -0.39 is 0 Å². The molecule has 0 aromatic heterocycles. The lowest BCUT2D eigenvalue weighted by Crippen LogP contribution is -2.08. The fourth-order valence-electron chi connectivity index (χ4n) is 2.83. The Balaban J connectivity index is 1.74. The molecule has 1 fully saturated rings. The summed E-state index contributed by atoms with van der Waals surface area (Å²) < 4.78 is 5.71. The lowest BCUT2D eigenvalue weighted by molar-refractivity contribution is 0.0602. The van der Waals surface area contributed by atoms with E-state index in [9.17, 15) is 4.79 Å². The molecule has 0 unspecified atom stereocenters. The molecule has 0 bridgehead atoms. The van der Waals surface area contributed by atoms with Gasteiger partial charge in [-0.15, -0.1) is 0 Å². The maximum absolute atomic E-state index is 12.3. The molecule has 0 spiro atoms. The van der Waals surface area contributed by atoms with Crippen molar-refractivity contribution in [2.75, 3.05) is 0 Å². The normalized spacial score (nSPS) is 19.4. The van der Waals surface area contributed by atoms with E-state index in [1.165, 1.54) is 5.56 Å². The molecular formula is C20H20O2. The molecule has 0 aliphatic heterocycles. The van der Waals surface area contributed by atoms with Gasteiger partial charge in [-0.25, -0.2) is 4.79 Å². The van der Waals surface area contributed by atoms with Gasteiger partial charge in [-0.1, -0.05) is 48.5 Å². The summed E-state index contributed by atoms with van der Waals surface area (Å²) in [5.41, 5.74) is 2.99. The van der Waals surface area contributed by atoms with Crippen molar-refractivity contribution in [1.29, 1.82) is 0 Å². The molecule has 0 saturated heterocycles. The molecule has 112 valence electrons. The van der Waals surface area contributed by atoms with Gasteiger partial charge in [-0.3, -0.25) is 0 Å². The molecule has 2 heteroatoms. The molecule has 2 nitrogen and oxygen atoms in total. The van der Waals surface area contributed by atoms with Gasteiger partial charge in [0, 0.05) is 5.92 Å². The van der Waals surface area contributed by atoms with Crippen LogP contribution in [0.4, 0.5) is 0 Å². The van der Waals surface area contributed by atoms with Crippen LogP contribution in [0.15, 0.2) is 72.0 Å². The van der Waals surface area contributed by atoms with E-state index >= 15 is 0 Å². The Morgan fingerprint density at radius 1 is 0.955 bits per heavy atom. The average Bonchev–Trinajstić information content (AvgIpc) is 3.34. The Kier molecular flexibility index (Phi) is 4.10. The van der Waals surface area contributed by atoms with Gasteiger partial charge in [0.25, 0.3) is 0 Å². The number of hydrogen-bond acceptors (Lipinski definition) is 2. The van der Waals surface area contributed by atoms with Gasteiger partial charge in [-0.05, 0) is 49.5 Å². The number of ether oxygens (including phenoxy) is 1. The van der Waals surface area contributed by atoms with Crippen molar-refractivity contribution in [3.63, 3.8) is 0 Å². The number of hydrogen-bond donors (Lipinski definition) is 0. The zero-order valence-electron chi connectivity index (χ0n) is 13.0. The van der Waals surface area contributed by atoms with Crippen LogP contribution in [0.3, 0.4) is 0 Å². The van der Waals surface area contributed by atoms with Gasteiger partial charge >= 0.3 is 5.97 Å². The molecule has 1 saturated carbocycles. The van der Waals surface area contributed by atoms with E-state index in [2.05, 4.69) is 24.3 Å². The summed E-state index contributed by atoms with van der Waals surface area (Å²) in [5.74, 6) is 1.35. The highest BCUT2D eigenvalue weighted by molar-refractivity contribution is 5.90. The molecule has 0 amide bonds. The molecular weight excluding hydrogens is 272 g/mol. The second kappa shape index (κ2) is 6.18. The largest absolute Gasteiger partial charge is 0.427 e. The number of benzene rings is 2. The lowest BCUT2D eigenvalue weighted by Gasteiger charge is -2.11. The van der Waals surface area contributed by atoms with Crippen LogP contribution in [-0.2, 0) is 4.74 Å². The van der Waals surface area contributed by atoms with Crippen molar-refractivity contribution in [2.24, 2.45) is 5.92 Å². The summed E-state index contributed by atoms with van der Waals surface area (Å²) >= 11 is 0. The molecule has 1 aliphatic carbocycles. The SMILES string of the molecule is CC(C)=C(OC(=O)c1ccccc1)[C@@H]1C[C@@H]1c1ccccc1. The van der Waals surface area contributed by atoms with Crippen molar-refractivity contribution in [1.82, 2.24) is 0 Å². The number of rotatable bonds is 4. The molecule has 2 atom stereocenters. The van der Waals surface area contributed by atoms with E-state index in [4.69, 9.17) is 4.74 Å². The Bertz CT molecular complexity index is 682. The quantitative estimate of drug-likeness (QED) is 0.589. The first-order valence-electron chi connectivity index (χ1n) is 7.66. The average molecular weight is 292 g/mol. The summed E-state index contributed by atoms with van der Waals surface area (Å²) in [6, 6.07) is 19.6. The second-order valence-corrected chi connectivity index (χ2v) is 5.98. The summed E-state index contributed by atoms with van der Waals surface area (Å²) in [5, 5.41) is 0. The predicted octanol–water partition coefficient (Wildman–Crippen LogP) is 4.94. The van der Waals surface area contributed by atoms with E-state index in [0.717, 1.165) is 17.8 Å². The Morgan fingerprint density at radius 2 is 1.55 bits per heavy atom. The van der Waals surface area contributed by atoms with E-state index in [1.807, 2.05) is 38.1 Å². The predicted molar refractivity (Wildman–Crippen MR) is 87.5 cm³/mol. The smallest absolute Gasteiger partial charge is 0.343 e. The highest BCUT2D eigenvalue weighted by Crippen LogP contribution is 2.52. The highest BCUT2D eigenvalue weighted by Gasteiger charge is 2.43. The van der Waals surface area contributed by atoms with Crippen molar-refractivity contribution in [3.05, 3.63) is 83.1 Å². The van der Waals surface area contributed by atoms with E-state index in [0.29, 0.717) is 17.4 Å². The standard InChI is InChI=1S/C20H20O2/c1-14(2)19(22-20(21)16-11-7-4-8-12-16)18-13-17(18)15-9-5-3-6-10-15/h3-12,17-18H,13H2,1-2H3/t17-,18-/m1/s1. The molecule has 0 heterocycles. The third kappa shape index (κ3) is 3.11. The van der Waals surface area contributed by atoms with Crippen molar-refractivity contribution in [3.8, 4) is 0 Å².